The van der Waals surface area contributed by atoms with Crippen molar-refractivity contribution in [3.05, 3.63) is 47.9 Å². The van der Waals surface area contributed by atoms with Gasteiger partial charge < -0.3 is 19.7 Å². The maximum absolute atomic E-state index is 13.0. The number of benzene rings is 1. The third-order valence-electron chi connectivity index (χ3n) is 5.82. The van der Waals surface area contributed by atoms with Crippen molar-refractivity contribution in [2.24, 2.45) is 0 Å². The van der Waals surface area contributed by atoms with Gasteiger partial charge in [0.15, 0.2) is 5.82 Å². The number of hydrogen-bond donors (Lipinski definition) is 2. The van der Waals surface area contributed by atoms with Crippen LogP contribution >= 0.6 is 0 Å². The van der Waals surface area contributed by atoms with Crippen LogP contribution in [0, 0.1) is 6.92 Å². The molecule has 1 atom stereocenters. The number of aromatic amines is 1. The summed E-state index contributed by atoms with van der Waals surface area (Å²) in [5, 5.41) is 7.77. The van der Waals surface area contributed by atoms with E-state index in [9.17, 15) is 9.59 Å². The molecule has 8 heteroatoms. The summed E-state index contributed by atoms with van der Waals surface area (Å²) < 4.78 is 5.05. The van der Waals surface area contributed by atoms with Gasteiger partial charge in [-0.15, -0.1) is 0 Å². The lowest BCUT2D eigenvalue weighted by Crippen LogP contribution is -2.55. The third kappa shape index (κ3) is 4.80. The number of carbonyl (C=O) groups is 2. The standard InChI is InChI=1S/C23H29N5O3/c1-3-4-9-20(22(29)25-21-14-16(2)31-26-21)27-10-12-28(13-11-27)23(30)19-15-17-7-5-6-8-18(17)24-19/h5-8,14-15,20,24H,3-4,9-13H2,1-2H3,(H,25,26,29). The van der Waals surface area contributed by atoms with Gasteiger partial charge in [-0.1, -0.05) is 43.1 Å². The molecule has 8 nitrogen and oxygen atoms in total. The fraction of sp³-hybridized carbons (Fsp3) is 0.435. The average molecular weight is 424 g/mol. The van der Waals surface area contributed by atoms with Crippen molar-refractivity contribution in [2.75, 3.05) is 31.5 Å². The lowest BCUT2D eigenvalue weighted by Gasteiger charge is -2.38. The second-order valence-corrected chi connectivity index (χ2v) is 8.07. The quantitative estimate of drug-likeness (QED) is 0.607. The molecule has 3 heterocycles. The highest BCUT2D eigenvalue weighted by Crippen LogP contribution is 2.19. The number of unbranched alkanes of at least 4 members (excludes halogenated alkanes) is 1. The Balaban J connectivity index is 1.39. The van der Waals surface area contributed by atoms with Crippen molar-refractivity contribution in [3.8, 4) is 0 Å². The minimum Gasteiger partial charge on any atom is -0.360 e. The molecule has 164 valence electrons. The molecule has 4 rings (SSSR count). The summed E-state index contributed by atoms with van der Waals surface area (Å²) in [5.74, 6) is 1.03. The van der Waals surface area contributed by atoms with Crippen LogP contribution in [0.3, 0.4) is 0 Å². The predicted octanol–water partition coefficient (Wildman–Crippen LogP) is 3.42. The van der Waals surface area contributed by atoms with E-state index in [4.69, 9.17) is 4.52 Å². The number of carbonyl (C=O) groups excluding carboxylic acids is 2. The molecule has 3 aromatic rings. The number of fused-ring (bicyclic) bond motifs is 1. The zero-order chi connectivity index (χ0) is 21.8. The van der Waals surface area contributed by atoms with Crippen molar-refractivity contribution in [1.82, 2.24) is 19.9 Å². The van der Waals surface area contributed by atoms with Gasteiger partial charge in [-0.3, -0.25) is 14.5 Å². The Kier molecular flexibility index (Phi) is 6.36. The van der Waals surface area contributed by atoms with Gasteiger partial charge in [-0.25, -0.2) is 0 Å². The summed E-state index contributed by atoms with van der Waals surface area (Å²) in [6, 6.07) is 11.2. The molecule has 2 N–H and O–H groups in total. The summed E-state index contributed by atoms with van der Waals surface area (Å²) in [7, 11) is 0. The highest BCUT2D eigenvalue weighted by Gasteiger charge is 2.31. The molecular formula is C23H29N5O3. The highest BCUT2D eigenvalue weighted by molar-refractivity contribution is 5.98. The molecule has 0 aliphatic carbocycles. The van der Waals surface area contributed by atoms with Crippen LogP contribution in [-0.4, -0.2) is 64.0 Å². The number of nitrogens with one attached hydrogen (secondary N) is 2. The second-order valence-electron chi connectivity index (χ2n) is 8.07. The van der Waals surface area contributed by atoms with E-state index in [1.807, 2.05) is 35.2 Å². The van der Waals surface area contributed by atoms with E-state index < -0.39 is 0 Å². The number of rotatable bonds is 7. The Morgan fingerprint density at radius 3 is 2.65 bits per heavy atom. The van der Waals surface area contributed by atoms with Crippen LogP contribution in [0.15, 0.2) is 40.9 Å². The van der Waals surface area contributed by atoms with Crippen LogP contribution in [0.1, 0.15) is 42.4 Å². The summed E-state index contributed by atoms with van der Waals surface area (Å²) in [4.78, 5) is 33.2. The van der Waals surface area contributed by atoms with Crippen LogP contribution in [0.25, 0.3) is 10.9 Å². The van der Waals surface area contributed by atoms with Crippen molar-refractivity contribution in [2.45, 2.75) is 39.2 Å². The smallest absolute Gasteiger partial charge is 0.270 e. The maximum atomic E-state index is 13.0. The highest BCUT2D eigenvalue weighted by atomic mass is 16.5. The lowest BCUT2D eigenvalue weighted by molar-refractivity contribution is -0.122. The first kappa shape index (κ1) is 21.1. The van der Waals surface area contributed by atoms with Crippen LogP contribution < -0.4 is 5.32 Å². The molecule has 1 aliphatic heterocycles. The molecule has 0 saturated carbocycles. The first-order chi connectivity index (χ1) is 15.0. The monoisotopic (exact) mass is 423 g/mol. The number of anilines is 1. The molecular weight excluding hydrogens is 394 g/mol. The SMILES string of the molecule is CCCCC(C(=O)Nc1cc(C)on1)N1CCN(C(=O)c2cc3ccccc3[nH]2)CC1. The lowest BCUT2D eigenvalue weighted by atomic mass is 10.1. The van der Waals surface area contributed by atoms with Crippen molar-refractivity contribution < 1.29 is 14.1 Å². The van der Waals surface area contributed by atoms with Gasteiger partial charge in [-0.2, -0.15) is 0 Å². The Morgan fingerprint density at radius 2 is 1.97 bits per heavy atom. The summed E-state index contributed by atoms with van der Waals surface area (Å²) >= 11 is 0. The van der Waals surface area contributed by atoms with Crippen LogP contribution in [0.4, 0.5) is 5.82 Å². The number of amides is 2. The number of hydrogen-bond acceptors (Lipinski definition) is 5. The van der Waals surface area contributed by atoms with Crippen LogP contribution in [0.2, 0.25) is 0 Å². The predicted molar refractivity (Wildman–Crippen MR) is 119 cm³/mol. The van der Waals surface area contributed by atoms with Gasteiger partial charge >= 0.3 is 0 Å². The number of H-pyrrole nitrogens is 1. The van der Waals surface area contributed by atoms with E-state index in [0.717, 1.165) is 30.2 Å². The van der Waals surface area contributed by atoms with Crippen LogP contribution in [-0.2, 0) is 4.79 Å². The molecule has 0 radical (unpaired) electrons. The maximum Gasteiger partial charge on any atom is 0.270 e. The van der Waals surface area contributed by atoms with Crippen molar-refractivity contribution >= 4 is 28.5 Å². The van der Waals surface area contributed by atoms with E-state index in [1.165, 1.54) is 0 Å². The van der Waals surface area contributed by atoms with E-state index in [-0.39, 0.29) is 17.9 Å². The summed E-state index contributed by atoms with van der Waals surface area (Å²) in [5.41, 5.74) is 1.57. The zero-order valence-electron chi connectivity index (χ0n) is 18.1. The first-order valence-electron chi connectivity index (χ1n) is 10.9. The minimum atomic E-state index is -0.248. The number of para-hydroxylation sites is 1. The van der Waals surface area contributed by atoms with Gasteiger partial charge in [0, 0.05) is 43.1 Å². The Labute approximate surface area is 181 Å². The molecule has 0 spiro atoms. The Bertz CT molecular complexity index is 1020. The molecule has 2 aromatic heterocycles. The van der Waals surface area contributed by atoms with E-state index in [2.05, 4.69) is 27.3 Å². The molecule has 1 unspecified atom stereocenters. The first-order valence-corrected chi connectivity index (χ1v) is 10.9. The van der Waals surface area contributed by atoms with Gasteiger partial charge in [0.25, 0.3) is 5.91 Å². The molecule has 1 saturated heterocycles. The van der Waals surface area contributed by atoms with E-state index >= 15 is 0 Å². The van der Waals surface area contributed by atoms with Gasteiger partial charge in [0.1, 0.15) is 11.5 Å². The second kappa shape index (κ2) is 9.34. The summed E-state index contributed by atoms with van der Waals surface area (Å²) in [6.45, 7) is 6.41. The van der Waals surface area contributed by atoms with Crippen LogP contribution in [0.5, 0.6) is 0 Å². The third-order valence-corrected chi connectivity index (χ3v) is 5.82. The average Bonchev–Trinajstić information content (AvgIpc) is 3.39. The molecule has 1 aromatic carbocycles. The topological polar surface area (TPSA) is 94.5 Å². The Morgan fingerprint density at radius 1 is 1.19 bits per heavy atom. The molecule has 1 aliphatic rings. The van der Waals surface area contributed by atoms with Gasteiger partial charge in [0.2, 0.25) is 5.91 Å². The fourth-order valence-corrected chi connectivity index (χ4v) is 4.11. The minimum absolute atomic E-state index is 0.00322. The molecule has 2 amide bonds. The molecule has 0 bridgehead atoms. The van der Waals surface area contributed by atoms with Crippen molar-refractivity contribution in [3.63, 3.8) is 0 Å². The van der Waals surface area contributed by atoms with Gasteiger partial charge in [-0.05, 0) is 25.5 Å². The number of aryl methyl sites for hydroxylation is 1. The zero-order valence-corrected chi connectivity index (χ0v) is 18.1. The normalized spacial score (nSPS) is 15.9. The number of piperazine rings is 1. The molecule has 1 fully saturated rings. The number of aromatic nitrogens is 2. The largest absolute Gasteiger partial charge is 0.360 e. The summed E-state index contributed by atoms with van der Waals surface area (Å²) in [6.07, 6.45) is 2.75. The number of nitrogens with zero attached hydrogens (tertiary/aromatic N) is 3. The van der Waals surface area contributed by atoms with Crippen molar-refractivity contribution in [1.29, 1.82) is 0 Å². The fourth-order valence-electron chi connectivity index (χ4n) is 4.11. The molecule has 31 heavy (non-hydrogen) atoms. The van der Waals surface area contributed by atoms with E-state index in [1.54, 1.807) is 13.0 Å². The van der Waals surface area contributed by atoms with E-state index in [0.29, 0.717) is 43.5 Å². The van der Waals surface area contributed by atoms with Gasteiger partial charge in [0.05, 0.1) is 6.04 Å². The Hall–Kier alpha value is -3.13.